The van der Waals surface area contributed by atoms with E-state index in [1.807, 2.05) is 44.2 Å². The third kappa shape index (κ3) is 6.34. The lowest BCUT2D eigenvalue weighted by Gasteiger charge is -2.18. The van der Waals surface area contributed by atoms with Crippen molar-refractivity contribution in [3.63, 3.8) is 0 Å². The standard InChI is InChI=1S/C31H33N3O5/c1-6-37-28-16-21(5)26(17-25(28)20(3)4)30-33-27-11-9-8-10-24(27)31(36)34(30)32-18-22-12-14-23(15-13-22)39-19-29(35)38-7-2/h8-18,20H,6-7,19H2,1-5H3. The highest BCUT2D eigenvalue weighted by Gasteiger charge is 2.18. The van der Waals surface area contributed by atoms with Crippen molar-refractivity contribution in [3.8, 4) is 22.9 Å². The molecule has 8 heteroatoms. The molecule has 1 heterocycles. The molecule has 39 heavy (non-hydrogen) atoms. The molecular formula is C31H33N3O5. The van der Waals surface area contributed by atoms with Gasteiger partial charge in [-0.05, 0) is 91.9 Å². The highest BCUT2D eigenvalue weighted by molar-refractivity contribution is 5.82. The van der Waals surface area contributed by atoms with Gasteiger partial charge in [0.05, 0.1) is 30.3 Å². The molecule has 0 bridgehead atoms. The SMILES string of the molecule is CCOC(=O)COc1ccc(C=Nn2c(-c3cc(C(C)C)c(OCC)cc3C)nc3ccccc3c2=O)cc1. The van der Waals surface area contributed by atoms with E-state index < -0.39 is 5.97 Å². The zero-order valence-electron chi connectivity index (χ0n) is 22.9. The number of para-hydroxylation sites is 1. The van der Waals surface area contributed by atoms with Crippen LogP contribution in [0.2, 0.25) is 0 Å². The van der Waals surface area contributed by atoms with E-state index in [1.54, 1.807) is 43.5 Å². The zero-order chi connectivity index (χ0) is 27.9. The van der Waals surface area contributed by atoms with Crippen molar-refractivity contribution in [2.45, 2.75) is 40.5 Å². The third-order valence-electron chi connectivity index (χ3n) is 6.14. The van der Waals surface area contributed by atoms with Crippen molar-refractivity contribution >= 4 is 23.1 Å². The fraction of sp³-hybridized carbons (Fsp3) is 0.290. The Labute approximate surface area is 227 Å². The van der Waals surface area contributed by atoms with Crippen LogP contribution >= 0.6 is 0 Å². The Balaban J connectivity index is 1.76. The summed E-state index contributed by atoms with van der Waals surface area (Å²) in [6.45, 7) is 10.6. The summed E-state index contributed by atoms with van der Waals surface area (Å²) in [5.74, 6) is 1.59. The zero-order valence-corrected chi connectivity index (χ0v) is 22.9. The number of aromatic nitrogens is 2. The van der Waals surface area contributed by atoms with E-state index in [1.165, 1.54) is 4.68 Å². The summed E-state index contributed by atoms with van der Waals surface area (Å²) >= 11 is 0. The summed E-state index contributed by atoms with van der Waals surface area (Å²) < 4.78 is 17.6. The Morgan fingerprint density at radius 3 is 2.46 bits per heavy atom. The van der Waals surface area contributed by atoms with Gasteiger partial charge in [0.1, 0.15) is 11.5 Å². The molecule has 0 aliphatic rings. The van der Waals surface area contributed by atoms with Crippen molar-refractivity contribution in [2.75, 3.05) is 19.8 Å². The highest BCUT2D eigenvalue weighted by Crippen LogP contribution is 2.34. The first-order chi connectivity index (χ1) is 18.8. The van der Waals surface area contributed by atoms with E-state index in [0.29, 0.717) is 35.7 Å². The number of ether oxygens (including phenoxy) is 3. The first kappa shape index (κ1) is 27.6. The van der Waals surface area contributed by atoms with Gasteiger partial charge in [-0.15, -0.1) is 0 Å². The van der Waals surface area contributed by atoms with Gasteiger partial charge < -0.3 is 14.2 Å². The first-order valence-electron chi connectivity index (χ1n) is 13.0. The van der Waals surface area contributed by atoms with Gasteiger partial charge >= 0.3 is 5.97 Å². The number of rotatable bonds is 10. The Morgan fingerprint density at radius 2 is 1.77 bits per heavy atom. The number of esters is 1. The van der Waals surface area contributed by atoms with Gasteiger partial charge in [-0.1, -0.05) is 26.0 Å². The van der Waals surface area contributed by atoms with E-state index in [0.717, 1.165) is 28.0 Å². The molecule has 0 amide bonds. The van der Waals surface area contributed by atoms with Gasteiger partial charge in [0.25, 0.3) is 5.56 Å². The van der Waals surface area contributed by atoms with E-state index in [9.17, 15) is 9.59 Å². The summed E-state index contributed by atoms with van der Waals surface area (Å²) in [7, 11) is 0. The molecule has 0 unspecified atom stereocenters. The van der Waals surface area contributed by atoms with Crippen LogP contribution in [0.5, 0.6) is 11.5 Å². The van der Waals surface area contributed by atoms with Crippen LogP contribution in [0, 0.1) is 6.92 Å². The molecule has 0 saturated heterocycles. The molecule has 0 radical (unpaired) electrons. The molecule has 4 aromatic rings. The molecule has 1 aromatic heterocycles. The second kappa shape index (κ2) is 12.4. The Kier molecular flexibility index (Phi) is 8.76. The largest absolute Gasteiger partial charge is 0.494 e. The summed E-state index contributed by atoms with van der Waals surface area (Å²) in [5, 5.41) is 5.06. The second-order valence-corrected chi connectivity index (χ2v) is 9.27. The van der Waals surface area contributed by atoms with Crippen LogP contribution in [-0.2, 0) is 9.53 Å². The molecular weight excluding hydrogens is 494 g/mol. The van der Waals surface area contributed by atoms with Gasteiger partial charge in [0, 0.05) is 5.56 Å². The number of nitrogens with zero attached hydrogens (tertiary/aromatic N) is 3. The minimum atomic E-state index is -0.427. The maximum Gasteiger partial charge on any atom is 0.344 e. The normalized spacial score (nSPS) is 11.3. The summed E-state index contributed by atoms with van der Waals surface area (Å²) in [6.07, 6.45) is 1.60. The third-order valence-corrected chi connectivity index (χ3v) is 6.14. The number of fused-ring (bicyclic) bond motifs is 1. The molecule has 4 rings (SSSR count). The molecule has 3 aromatic carbocycles. The lowest BCUT2D eigenvalue weighted by Crippen LogP contribution is -2.20. The predicted molar refractivity (Wildman–Crippen MR) is 153 cm³/mol. The van der Waals surface area contributed by atoms with E-state index in [4.69, 9.17) is 19.2 Å². The summed E-state index contributed by atoms with van der Waals surface area (Å²) in [5.41, 5.74) is 3.86. The van der Waals surface area contributed by atoms with Crippen LogP contribution in [0.4, 0.5) is 0 Å². The number of hydrogen-bond donors (Lipinski definition) is 0. The van der Waals surface area contributed by atoms with Crippen LogP contribution in [0.15, 0.2) is 70.6 Å². The summed E-state index contributed by atoms with van der Waals surface area (Å²) in [4.78, 5) is 30.0. The number of carbonyl (C=O) groups excluding carboxylic acids is 1. The lowest BCUT2D eigenvalue weighted by atomic mass is 9.96. The average molecular weight is 528 g/mol. The van der Waals surface area contributed by atoms with Gasteiger partial charge in [0.15, 0.2) is 12.4 Å². The molecule has 0 N–H and O–H groups in total. The van der Waals surface area contributed by atoms with Crippen molar-refractivity contribution in [3.05, 3.63) is 87.7 Å². The van der Waals surface area contributed by atoms with Crippen molar-refractivity contribution < 1.29 is 19.0 Å². The molecule has 202 valence electrons. The Bertz CT molecular complexity index is 1560. The summed E-state index contributed by atoms with van der Waals surface area (Å²) in [6, 6.07) is 18.3. The van der Waals surface area contributed by atoms with Crippen LogP contribution in [0.1, 0.15) is 50.3 Å². The van der Waals surface area contributed by atoms with Crippen LogP contribution in [-0.4, -0.2) is 41.7 Å². The molecule has 0 spiro atoms. The number of benzene rings is 3. The monoisotopic (exact) mass is 527 g/mol. The van der Waals surface area contributed by atoms with Crippen molar-refractivity contribution in [1.82, 2.24) is 9.66 Å². The molecule has 0 saturated carbocycles. The second-order valence-electron chi connectivity index (χ2n) is 9.27. The maximum absolute atomic E-state index is 13.6. The van der Waals surface area contributed by atoms with E-state index in [2.05, 4.69) is 18.9 Å². The van der Waals surface area contributed by atoms with Crippen LogP contribution in [0.25, 0.3) is 22.3 Å². The van der Waals surface area contributed by atoms with E-state index in [-0.39, 0.29) is 18.1 Å². The number of aryl methyl sites for hydroxylation is 1. The van der Waals surface area contributed by atoms with Gasteiger partial charge in [-0.2, -0.15) is 9.78 Å². The maximum atomic E-state index is 13.6. The molecule has 8 nitrogen and oxygen atoms in total. The van der Waals surface area contributed by atoms with E-state index >= 15 is 0 Å². The first-order valence-corrected chi connectivity index (χ1v) is 13.0. The van der Waals surface area contributed by atoms with Gasteiger partial charge in [-0.25, -0.2) is 9.78 Å². The molecule has 0 aliphatic carbocycles. The topological polar surface area (TPSA) is 92.0 Å². The molecule has 0 atom stereocenters. The van der Waals surface area contributed by atoms with Crippen LogP contribution < -0.4 is 15.0 Å². The smallest absolute Gasteiger partial charge is 0.344 e. The van der Waals surface area contributed by atoms with Crippen molar-refractivity contribution in [1.29, 1.82) is 0 Å². The minimum absolute atomic E-state index is 0.164. The lowest BCUT2D eigenvalue weighted by molar-refractivity contribution is -0.145. The molecule has 0 fully saturated rings. The van der Waals surface area contributed by atoms with Crippen molar-refractivity contribution in [2.24, 2.45) is 5.10 Å². The van der Waals surface area contributed by atoms with Gasteiger partial charge in [-0.3, -0.25) is 4.79 Å². The minimum Gasteiger partial charge on any atom is -0.494 e. The fourth-order valence-electron chi connectivity index (χ4n) is 4.20. The quantitative estimate of drug-likeness (QED) is 0.194. The molecule has 0 aliphatic heterocycles. The fourth-order valence-corrected chi connectivity index (χ4v) is 4.20. The predicted octanol–water partition coefficient (Wildman–Crippen LogP) is 5.72. The Hall–Kier alpha value is -4.46. The van der Waals surface area contributed by atoms with Gasteiger partial charge in [0.2, 0.25) is 0 Å². The Morgan fingerprint density at radius 1 is 1.03 bits per heavy atom. The highest BCUT2D eigenvalue weighted by atomic mass is 16.6. The average Bonchev–Trinajstić information content (AvgIpc) is 2.92. The number of hydrogen-bond acceptors (Lipinski definition) is 7. The van der Waals surface area contributed by atoms with Crippen LogP contribution in [0.3, 0.4) is 0 Å². The number of carbonyl (C=O) groups is 1.